The highest BCUT2D eigenvalue weighted by Gasteiger charge is 2.49. The fraction of sp³-hybridized carbons (Fsp3) is 0.370. The van der Waals surface area contributed by atoms with Crippen LogP contribution in [-0.4, -0.2) is 83.6 Å². The molecule has 3 aliphatic carbocycles. The van der Waals surface area contributed by atoms with Crippen LogP contribution >= 0.6 is 0 Å². The highest BCUT2D eigenvalue weighted by atomic mass is 16.2. The third-order valence-electron chi connectivity index (χ3n) is 12.5. The Bertz CT molecular complexity index is 2040. The molecule has 5 amide bonds. The Kier molecular flexibility index (Phi) is 9.65. The summed E-state index contributed by atoms with van der Waals surface area (Å²) < 4.78 is 0. The number of benzene rings is 4. The van der Waals surface area contributed by atoms with Crippen LogP contribution in [0.5, 0.6) is 0 Å². The lowest BCUT2D eigenvalue weighted by molar-refractivity contribution is -0.133. The van der Waals surface area contributed by atoms with Crippen LogP contribution < -0.4 is 16.0 Å². The van der Waals surface area contributed by atoms with E-state index in [0.717, 1.165) is 19.3 Å². The highest BCUT2D eigenvalue weighted by molar-refractivity contribution is 5.99. The average Bonchev–Trinajstić information content (AvgIpc) is 4.20. The van der Waals surface area contributed by atoms with Gasteiger partial charge in [-0.3, -0.25) is 24.0 Å². The summed E-state index contributed by atoms with van der Waals surface area (Å²) >= 11 is 0. The molecule has 10 heteroatoms. The summed E-state index contributed by atoms with van der Waals surface area (Å²) in [6, 6.07) is 37.1. The van der Waals surface area contributed by atoms with Crippen LogP contribution in [0.1, 0.15) is 80.8 Å². The maximum atomic E-state index is 13.9. The molecule has 0 bridgehead atoms. The summed E-state index contributed by atoms with van der Waals surface area (Å²) in [5, 5.41) is 9.55. The number of hydrogen-bond acceptors (Lipinski definition) is 5. The lowest BCUT2D eigenvalue weighted by Gasteiger charge is -2.18. The number of amides is 5. The van der Waals surface area contributed by atoms with Gasteiger partial charge in [-0.2, -0.15) is 0 Å². The van der Waals surface area contributed by atoms with Gasteiger partial charge in [0.15, 0.2) is 0 Å². The third kappa shape index (κ3) is 7.57. The van der Waals surface area contributed by atoms with Crippen molar-refractivity contribution in [1.29, 1.82) is 0 Å². The molecule has 9 atom stereocenters. The van der Waals surface area contributed by atoms with E-state index in [9.17, 15) is 24.0 Å². The summed E-state index contributed by atoms with van der Waals surface area (Å²) in [4.78, 5) is 71.4. The number of likely N-dealkylation sites (tertiary alicyclic amines) is 2. The Labute approximate surface area is 327 Å². The molecule has 3 N–H and O–H groups in total. The summed E-state index contributed by atoms with van der Waals surface area (Å²) in [7, 11) is 0. The first kappa shape index (κ1) is 35.9. The number of carbonyl (C=O) groups is 5. The van der Waals surface area contributed by atoms with Crippen LogP contribution in [0.15, 0.2) is 115 Å². The van der Waals surface area contributed by atoms with E-state index in [0.29, 0.717) is 36.6 Å². The van der Waals surface area contributed by atoms with Crippen LogP contribution in [0.25, 0.3) is 0 Å². The van der Waals surface area contributed by atoms with E-state index in [1.165, 1.54) is 16.7 Å². The molecule has 2 aliphatic heterocycles. The first-order chi connectivity index (χ1) is 27.3. The molecule has 10 nitrogen and oxygen atoms in total. The fourth-order valence-electron chi connectivity index (χ4n) is 8.93. The Morgan fingerprint density at radius 1 is 0.446 bits per heavy atom. The van der Waals surface area contributed by atoms with Gasteiger partial charge in [-0.15, -0.1) is 0 Å². The fourth-order valence-corrected chi connectivity index (χ4v) is 8.93. The third-order valence-corrected chi connectivity index (χ3v) is 12.5. The van der Waals surface area contributed by atoms with Crippen molar-refractivity contribution in [2.75, 3.05) is 26.2 Å². The van der Waals surface area contributed by atoms with Gasteiger partial charge in [0.25, 0.3) is 11.8 Å². The van der Waals surface area contributed by atoms with Crippen molar-refractivity contribution in [1.82, 2.24) is 25.8 Å². The molecular formula is C46H47N5O5. The van der Waals surface area contributed by atoms with Gasteiger partial charge in [-0.1, -0.05) is 91.0 Å². The molecule has 5 fully saturated rings. The zero-order chi connectivity index (χ0) is 38.3. The van der Waals surface area contributed by atoms with E-state index in [-0.39, 0.29) is 78.5 Å². The second-order valence-corrected chi connectivity index (χ2v) is 16.3. The molecule has 5 aliphatic rings. The summed E-state index contributed by atoms with van der Waals surface area (Å²) in [5.74, 6) is -1.67. The molecule has 2 saturated heterocycles. The summed E-state index contributed by atoms with van der Waals surface area (Å²) in [5.41, 5.74) is 4.42. The van der Waals surface area contributed by atoms with E-state index >= 15 is 0 Å². The zero-order valence-electron chi connectivity index (χ0n) is 31.3. The minimum atomic E-state index is -0.685. The SMILES string of the molecule is O=C(NC1C[C@@H]1c1ccccc1)[C@H]1CCN(C(=O)c2ccc(C(=O)N3C[C@@H](C(=O)NC4C[C@H]4c4ccccc4)[C@H](C(=O)N[C@H]4C[C@H]4c4ccccc4)C3)cc2)C1. The van der Waals surface area contributed by atoms with Crippen LogP contribution in [0.2, 0.25) is 0 Å². The Morgan fingerprint density at radius 3 is 1.23 bits per heavy atom. The van der Waals surface area contributed by atoms with Gasteiger partial charge in [0.2, 0.25) is 17.7 Å². The molecule has 2 heterocycles. The molecule has 0 aromatic heterocycles. The van der Waals surface area contributed by atoms with Crippen LogP contribution in [0, 0.1) is 17.8 Å². The van der Waals surface area contributed by atoms with Crippen LogP contribution in [0.4, 0.5) is 0 Å². The molecule has 2 unspecified atom stereocenters. The van der Waals surface area contributed by atoms with E-state index < -0.39 is 11.8 Å². The maximum Gasteiger partial charge on any atom is 0.253 e. The van der Waals surface area contributed by atoms with E-state index in [1.807, 2.05) is 54.6 Å². The number of rotatable bonds is 11. The number of nitrogens with one attached hydrogen (secondary N) is 3. The number of hydrogen-bond donors (Lipinski definition) is 3. The number of nitrogens with zero attached hydrogens (tertiary/aromatic N) is 2. The topological polar surface area (TPSA) is 128 Å². The highest BCUT2D eigenvalue weighted by Crippen LogP contribution is 2.43. The van der Waals surface area contributed by atoms with Crippen molar-refractivity contribution >= 4 is 29.5 Å². The zero-order valence-corrected chi connectivity index (χ0v) is 31.3. The predicted molar refractivity (Wildman–Crippen MR) is 211 cm³/mol. The first-order valence-corrected chi connectivity index (χ1v) is 20.1. The van der Waals surface area contributed by atoms with Gasteiger partial charge in [0, 0.05) is 73.2 Å². The molecule has 3 saturated carbocycles. The van der Waals surface area contributed by atoms with E-state index in [4.69, 9.17) is 0 Å². The Morgan fingerprint density at radius 2 is 0.821 bits per heavy atom. The van der Waals surface area contributed by atoms with Gasteiger partial charge in [-0.25, -0.2) is 0 Å². The molecule has 4 aromatic carbocycles. The van der Waals surface area contributed by atoms with Gasteiger partial charge < -0.3 is 25.8 Å². The quantitative estimate of drug-likeness (QED) is 0.202. The minimum absolute atomic E-state index is 0.000184. The van der Waals surface area contributed by atoms with Gasteiger partial charge in [0.1, 0.15) is 0 Å². The van der Waals surface area contributed by atoms with E-state index in [2.05, 4.69) is 52.3 Å². The van der Waals surface area contributed by atoms with Gasteiger partial charge >= 0.3 is 0 Å². The Hall–Kier alpha value is -5.77. The second kappa shape index (κ2) is 15.0. The van der Waals surface area contributed by atoms with Gasteiger partial charge in [-0.05, 0) is 66.6 Å². The second-order valence-electron chi connectivity index (χ2n) is 16.3. The predicted octanol–water partition coefficient (Wildman–Crippen LogP) is 4.85. The lowest BCUT2D eigenvalue weighted by atomic mass is 9.94. The molecule has 0 radical (unpaired) electrons. The van der Waals surface area contributed by atoms with Crippen molar-refractivity contribution in [3.8, 4) is 0 Å². The van der Waals surface area contributed by atoms with Crippen molar-refractivity contribution in [2.24, 2.45) is 17.8 Å². The first-order valence-electron chi connectivity index (χ1n) is 20.1. The monoisotopic (exact) mass is 749 g/mol. The molecule has 4 aromatic rings. The Balaban J connectivity index is 0.818. The van der Waals surface area contributed by atoms with E-state index in [1.54, 1.807) is 34.1 Å². The standard InChI is InChI=1S/C46H47N5O5/c52-42(47-39-22-34(39)28-10-4-1-5-11-28)33-20-21-50(25-33)45(55)31-16-18-32(19-17-31)46(56)51-26-37(43(53)48-40-23-35(40)29-12-6-2-7-13-29)38(27-51)44(54)49-41-24-36(41)30-14-8-3-9-15-30/h1-19,33-41H,20-27H2,(H,47,52)(H,48,53)(H,49,54)/t33-,34+,35-,36-,37+,38+,39?,40-,41?/m0/s1. The minimum Gasteiger partial charge on any atom is -0.352 e. The van der Waals surface area contributed by atoms with Crippen LogP contribution in [0.3, 0.4) is 0 Å². The molecule has 286 valence electrons. The maximum absolute atomic E-state index is 13.9. The van der Waals surface area contributed by atoms with Crippen molar-refractivity contribution in [3.63, 3.8) is 0 Å². The average molecular weight is 750 g/mol. The van der Waals surface area contributed by atoms with Crippen LogP contribution in [-0.2, 0) is 14.4 Å². The molecule has 9 rings (SSSR count). The van der Waals surface area contributed by atoms with Crippen molar-refractivity contribution in [3.05, 3.63) is 143 Å². The molecule has 56 heavy (non-hydrogen) atoms. The number of carbonyl (C=O) groups excluding carboxylic acids is 5. The smallest absolute Gasteiger partial charge is 0.253 e. The summed E-state index contributed by atoms with van der Waals surface area (Å²) in [6.07, 6.45) is 3.22. The van der Waals surface area contributed by atoms with Crippen molar-refractivity contribution < 1.29 is 24.0 Å². The lowest BCUT2D eigenvalue weighted by Crippen LogP contribution is -2.43. The van der Waals surface area contributed by atoms with Crippen molar-refractivity contribution in [2.45, 2.75) is 61.6 Å². The largest absolute Gasteiger partial charge is 0.352 e. The molecular weight excluding hydrogens is 703 g/mol. The van der Waals surface area contributed by atoms with Gasteiger partial charge in [0.05, 0.1) is 17.8 Å². The summed E-state index contributed by atoms with van der Waals surface area (Å²) in [6.45, 7) is 1.10. The molecule has 0 spiro atoms. The normalized spacial score (nSPS) is 28.6.